The van der Waals surface area contributed by atoms with Gasteiger partial charge in [0.1, 0.15) is 0 Å². The van der Waals surface area contributed by atoms with E-state index in [0.29, 0.717) is 0 Å². The van der Waals surface area contributed by atoms with Crippen molar-refractivity contribution in [1.82, 2.24) is 20.4 Å². The first-order valence-electron chi connectivity index (χ1n) is 7.35. The van der Waals surface area contributed by atoms with Gasteiger partial charge in [0.25, 0.3) is 0 Å². The molecular formula is C14H26N4O. The third kappa shape index (κ3) is 3.54. The van der Waals surface area contributed by atoms with Crippen LogP contribution in [0, 0.1) is 0 Å². The van der Waals surface area contributed by atoms with Crippen LogP contribution in [0.4, 0.5) is 0 Å². The highest BCUT2D eigenvalue weighted by Crippen LogP contribution is 2.36. The topological polar surface area (TPSA) is 54.2 Å². The molecule has 5 nitrogen and oxygen atoms in total. The maximum absolute atomic E-state index is 5.58. The van der Waals surface area contributed by atoms with Crippen LogP contribution in [0.5, 0.6) is 0 Å². The summed E-state index contributed by atoms with van der Waals surface area (Å²) in [5.41, 5.74) is 0.114. The number of nitrogens with one attached hydrogen (secondary N) is 1. The molecule has 0 amide bonds. The van der Waals surface area contributed by atoms with Crippen molar-refractivity contribution >= 4 is 0 Å². The van der Waals surface area contributed by atoms with Gasteiger partial charge in [-0.2, -0.15) is 4.98 Å². The van der Waals surface area contributed by atoms with E-state index in [1.54, 1.807) is 0 Å². The van der Waals surface area contributed by atoms with Crippen molar-refractivity contribution in [3.63, 3.8) is 0 Å². The molecule has 0 atom stereocenters. The molecule has 0 bridgehead atoms. The van der Waals surface area contributed by atoms with E-state index in [1.807, 2.05) is 0 Å². The highest BCUT2D eigenvalue weighted by atomic mass is 16.5. The van der Waals surface area contributed by atoms with Crippen molar-refractivity contribution in [3.05, 3.63) is 11.7 Å². The first-order chi connectivity index (χ1) is 9.16. The Morgan fingerprint density at radius 1 is 1.32 bits per heavy atom. The summed E-state index contributed by atoms with van der Waals surface area (Å²) in [7, 11) is 4.12. The zero-order valence-electron chi connectivity index (χ0n) is 12.4. The van der Waals surface area contributed by atoms with Crippen molar-refractivity contribution in [3.8, 4) is 0 Å². The second-order valence-corrected chi connectivity index (χ2v) is 5.85. The summed E-state index contributed by atoms with van der Waals surface area (Å²) < 4.78 is 5.58. The largest absolute Gasteiger partial charge is 0.339 e. The molecule has 0 unspecified atom stereocenters. The third-order valence-electron chi connectivity index (χ3n) is 3.99. The Morgan fingerprint density at radius 2 is 2.05 bits per heavy atom. The van der Waals surface area contributed by atoms with Gasteiger partial charge in [0.05, 0.1) is 5.41 Å². The van der Waals surface area contributed by atoms with Gasteiger partial charge in [0, 0.05) is 13.0 Å². The smallest absolute Gasteiger partial charge is 0.232 e. The van der Waals surface area contributed by atoms with Crippen LogP contribution in [0.25, 0.3) is 0 Å². The SMILES string of the molecule is CCCC1(c2nc(CCN(C)C)no2)CCNCC1. The molecular weight excluding hydrogens is 240 g/mol. The molecule has 0 aromatic carbocycles. The average Bonchev–Trinajstić information content (AvgIpc) is 2.87. The molecule has 2 rings (SSSR count). The van der Waals surface area contributed by atoms with Crippen LogP contribution in [0.1, 0.15) is 44.3 Å². The van der Waals surface area contributed by atoms with E-state index in [1.165, 1.54) is 0 Å². The van der Waals surface area contributed by atoms with Gasteiger partial charge in [-0.15, -0.1) is 0 Å². The first-order valence-corrected chi connectivity index (χ1v) is 7.35. The fourth-order valence-electron chi connectivity index (χ4n) is 2.85. The molecule has 19 heavy (non-hydrogen) atoms. The van der Waals surface area contributed by atoms with E-state index in [0.717, 1.165) is 63.5 Å². The van der Waals surface area contributed by atoms with E-state index in [-0.39, 0.29) is 5.41 Å². The quantitative estimate of drug-likeness (QED) is 0.847. The molecule has 1 saturated heterocycles. The zero-order chi connectivity index (χ0) is 13.7. The Hall–Kier alpha value is -0.940. The lowest BCUT2D eigenvalue weighted by atomic mass is 9.75. The molecule has 108 valence electrons. The normalized spacial score (nSPS) is 18.9. The Balaban J connectivity index is 2.09. The number of likely N-dealkylation sites (N-methyl/N-ethyl adjacent to an activating group) is 1. The van der Waals surface area contributed by atoms with Gasteiger partial charge >= 0.3 is 0 Å². The van der Waals surface area contributed by atoms with Crippen LogP contribution in [0.2, 0.25) is 0 Å². The van der Waals surface area contributed by atoms with E-state index in [2.05, 4.69) is 41.4 Å². The van der Waals surface area contributed by atoms with Gasteiger partial charge < -0.3 is 14.7 Å². The number of piperidine rings is 1. The second-order valence-electron chi connectivity index (χ2n) is 5.85. The molecule has 1 aromatic heterocycles. The summed E-state index contributed by atoms with van der Waals surface area (Å²) in [6.45, 7) is 5.29. The minimum atomic E-state index is 0.114. The fraction of sp³-hybridized carbons (Fsp3) is 0.857. The summed E-state index contributed by atoms with van der Waals surface area (Å²) in [6, 6.07) is 0. The summed E-state index contributed by atoms with van der Waals surface area (Å²) in [4.78, 5) is 6.81. The van der Waals surface area contributed by atoms with Crippen LogP contribution in [-0.2, 0) is 11.8 Å². The summed E-state index contributed by atoms with van der Waals surface area (Å²) in [5.74, 6) is 1.71. The van der Waals surface area contributed by atoms with Crippen molar-refractivity contribution in [2.45, 2.75) is 44.4 Å². The molecule has 1 fully saturated rings. The fourth-order valence-corrected chi connectivity index (χ4v) is 2.85. The van der Waals surface area contributed by atoms with Crippen molar-refractivity contribution in [2.24, 2.45) is 0 Å². The van der Waals surface area contributed by atoms with Gasteiger partial charge in [0.2, 0.25) is 5.89 Å². The predicted molar refractivity (Wildman–Crippen MR) is 75.2 cm³/mol. The summed E-state index contributed by atoms with van der Waals surface area (Å²) >= 11 is 0. The molecule has 1 N–H and O–H groups in total. The number of rotatable bonds is 6. The van der Waals surface area contributed by atoms with Crippen LogP contribution >= 0.6 is 0 Å². The average molecular weight is 266 g/mol. The Morgan fingerprint density at radius 3 is 2.68 bits per heavy atom. The number of hydrogen-bond donors (Lipinski definition) is 1. The molecule has 0 saturated carbocycles. The molecule has 0 aliphatic carbocycles. The monoisotopic (exact) mass is 266 g/mol. The van der Waals surface area contributed by atoms with Crippen molar-refractivity contribution < 1.29 is 4.52 Å². The lowest BCUT2D eigenvalue weighted by molar-refractivity contribution is 0.208. The van der Waals surface area contributed by atoms with Crippen molar-refractivity contribution in [2.75, 3.05) is 33.7 Å². The van der Waals surface area contributed by atoms with Gasteiger partial charge in [0.15, 0.2) is 5.82 Å². The van der Waals surface area contributed by atoms with Gasteiger partial charge in [-0.1, -0.05) is 18.5 Å². The maximum Gasteiger partial charge on any atom is 0.232 e. The predicted octanol–water partition coefficient (Wildman–Crippen LogP) is 1.59. The minimum absolute atomic E-state index is 0.114. The highest BCUT2D eigenvalue weighted by molar-refractivity contribution is 5.08. The summed E-state index contributed by atoms with van der Waals surface area (Å²) in [6.07, 6.45) is 5.38. The molecule has 0 spiro atoms. The molecule has 5 heteroatoms. The Kier molecular flexibility index (Phi) is 4.93. The lowest BCUT2D eigenvalue weighted by Gasteiger charge is -2.34. The van der Waals surface area contributed by atoms with Gasteiger partial charge in [-0.25, -0.2) is 0 Å². The highest BCUT2D eigenvalue weighted by Gasteiger charge is 2.38. The number of aromatic nitrogens is 2. The number of nitrogens with zero attached hydrogens (tertiary/aromatic N) is 3. The van der Waals surface area contributed by atoms with E-state index in [4.69, 9.17) is 4.52 Å². The van der Waals surface area contributed by atoms with Gasteiger partial charge in [-0.3, -0.25) is 0 Å². The maximum atomic E-state index is 5.58. The van der Waals surface area contributed by atoms with E-state index in [9.17, 15) is 0 Å². The van der Waals surface area contributed by atoms with Crippen LogP contribution in [0.15, 0.2) is 4.52 Å². The second kappa shape index (κ2) is 6.48. The Labute approximate surface area is 115 Å². The lowest BCUT2D eigenvalue weighted by Crippen LogP contribution is -2.40. The molecule has 2 heterocycles. The van der Waals surface area contributed by atoms with Crippen LogP contribution < -0.4 is 5.32 Å². The molecule has 1 aliphatic rings. The Bertz CT molecular complexity index is 377. The molecule has 1 aromatic rings. The molecule has 0 radical (unpaired) electrons. The molecule has 1 aliphatic heterocycles. The summed E-state index contributed by atoms with van der Waals surface area (Å²) in [5, 5.41) is 7.58. The van der Waals surface area contributed by atoms with Crippen LogP contribution in [0.3, 0.4) is 0 Å². The van der Waals surface area contributed by atoms with Crippen molar-refractivity contribution in [1.29, 1.82) is 0 Å². The zero-order valence-corrected chi connectivity index (χ0v) is 12.4. The minimum Gasteiger partial charge on any atom is -0.339 e. The third-order valence-corrected chi connectivity index (χ3v) is 3.99. The van der Waals surface area contributed by atoms with Crippen LogP contribution in [-0.4, -0.2) is 48.8 Å². The van der Waals surface area contributed by atoms with Gasteiger partial charge in [-0.05, 0) is 46.4 Å². The standard InChI is InChI=1S/C14H26N4O/c1-4-6-14(7-9-15-10-8-14)13-16-12(17-19-13)5-11-18(2)3/h15H,4-11H2,1-3H3. The number of hydrogen-bond acceptors (Lipinski definition) is 5. The van der Waals surface area contributed by atoms with E-state index < -0.39 is 0 Å². The first kappa shape index (κ1) is 14.5. The van der Waals surface area contributed by atoms with E-state index >= 15 is 0 Å².